The van der Waals surface area contributed by atoms with E-state index in [0.717, 1.165) is 51.1 Å². The topological polar surface area (TPSA) is 119 Å². The first-order valence-corrected chi connectivity index (χ1v) is 11.8. The van der Waals surface area contributed by atoms with Gasteiger partial charge in [-0.15, -0.1) is 0 Å². The minimum absolute atomic E-state index is 0.154. The number of hydrogen-bond acceptors (Lipinski definition) is 8. The second kappa shape index (κ2) is 8.79. The molecule has 0 aromatic carbocycles. The van der Waals surface area contributed by atoms with Crippen LogP contribution in [0.15, 0.2) is 18.5 Å². The molecule has 5 rings (SSSR count). The predicted octanol–water partition coefficient (Wildman–Crippen LogP) is -0.152. The molecule has 4 atom stereocenters. The molecule has 4 unspecified atom stereocenters. The Morgan fingerprint density at radius 2 is 2.03 bits per heavy atom. The van der Waals surface area contributed by atoms with Crippen LogP contribution in [0.1, 0.15) is 26.2 Å². The lowest BCUT2D eigenvalue weighted by atomic mass is 9.77. The zero-order valence-corrected chi connectivity index (χ0v) is 19.0. The van der Waals surface area contributed by atoms with Gasteiger partial charge in [0.1, 0.15) is 6.17 Å². The van der Waals surface area contributed by atoms with Gasteiger partial charge >= 0.3 is 0 Å². The van der Waals surface area contributed by atoms with E-state index in [-0.39, 0.29) is 36.5 Å². The average Bonchev–Trinajstić information content (AvgIpc) is 3.35. The molecule has 10 nitrogen and oxygen atoms in total. The van der Waals surface area contributed by atoms with Crippen LogP contribution < -0.4 is 26.7 Å². The molecule has 0 aliphatic carbocycles. The molecule has 4 fully saturated rings. The average molecular weight is 461 g/mol. The molecule has 0 bridgehead atoms. The Morgan fingerprint density at radius 1 is 1.27 bits per heavy atom. The highest BCUT2D eigenvalue weighted by atomic mass is 19.1. The molecule has 4 aliphatic heterocycles. The smallest absolute Gasteiger partial charge is 0.233 e. The number of likely N-dealkylation sites (tertiary alicyclic amines) is 1. The Kier molecular flexibility index (Phi) is 5.98. The Bertz CT molecular complexity index is 908. The number of hydrazine groups is 1. The van der Waals surface area contributed by atoms with Gasteiger partial charge in [0.2, 0.25) is 11.8 Å². The third-order valence-corrected chi connectivity index (χ3v) is 7.73. The number of aromatic nitrogens is 1. The first-order valence-electron chi connectivity index (χ1n) is 11.8. The molecular weight excluding hydrogens is 427 g/mol. The number of rotatable bonds is 3. The molecule has 33 heavy (non-hydrogen) atoms. The summed E-state index contributed by atoms with van der Waals surface area (Å²) in [5, 5.41) is 7.80. The van der Waals surface area contributed by atoms with E-state index in [0.29, 0.717) is 5.69 Å². The van der Waals surface area contributed by atoms with Gasteiger partial charge in [-0.1, -0.05) is 0 Å². The van der Waals surface area contributed by atoms with Crippen molar-refractivity contribution in [2.75, 3.05) is 49.5 Å². The molecule has 1 spiro atoms. The molecule has 180 valence electrons. The van der Waals surface area contributed by atoms with Crippen molar-refractivity contribution in [3.8, 4) is 0 Å². The van der Waals surface area contributed by atoms with Crippen LogP contribution in [0.4, 0.5) is 15.8 Å². The van der Waals surface area contributed by atoms with Crippen molar-refractivity contribution in [2.45, 2.75) is 44.7 Å². The van der Waals surface area contributed by atoms with Crippen LogP contribution in [0.5, 0.6) is 0 Å². The Labute approximate surface area is 193 Å². The van der Waals surface area contributed by atoms with Crippen molar-refractivity contribution >= 4 is 23.2 Å². The first kappa shape index (κ1) is 22.5. The molecule has 4 saturated heterocycles. The Balaban J connectivity index is 1.26. The molecule has 4 aliphatic rings. The Morgan fingerprint density at radius 3 is 2.76 bits per heavy atom. The third kappa shape index (κ3) is 4.30. The lowest BCUT2D eigenvalue weighted by molar-refractivity contribution is -0.128. The lowest BCUT2D eigenvalue weighted by Crippen LogP contribution is -2.58. The van der Waals surface area contributed by atoms with Crippen molar-refractivity contribution in [3.63, 3.8) is 0 Å². The summed E-state index contributed by atoms with van der Waals surface area (Å²) in [6, 6.07) is 1.93. The van der Waals surface area contributed by atoms with Crippen molar-refractivity contribution in [1.82, 2.24) is 25.6 Å². The van der Waals surface area contributed by atoms with E-state index in [1.807, 2.05) is 11.0 Å². The normalized spacial score (nSPS) is 31.6. The quantitative estimate of drug-likeness (QED) is 0.492. The minimum atomic E-state index is -1.00. The number of nitrogens with zero attached hydrogens (tertiary/aromatic N) is 4. The number of pyridine rings is 1. The maximum Gasteiger partial charge on any atom is 0.233 e. The van der Waals surface area contributed by atoms with Crippen molar-refractivity contribution < 1.29 is 14.0 Å². The maximum atomic E-state index is 13.7. The molecule has 0 saturated carbocycles. The number of alkyl halides is 1. The number of nitrogens with two attached hydrogens (primary N) is 1. The van der Waals surface area contributed by atoms with Crippen LogP contribution in [0, 0.1) is 11.3 Å². The van der Waals surface area contributed by atoms with E-state index in [4.69, 9.17) is 5.73 Å². The van der Waals surface area contributed by atoms with Gasteiger partial charge in [0.25, 0.3) is 0 Å². The SMILES string of the molecule is CC(=O)N1CCC2(CCN(c3ccncc3NC(=O)C3C(N)NN4CC(F)CNC34)CC2)C1. The molecule has 0 radical (unpaired) electrons. The van der Waals surface area contributed by atoms with Gasteiger partial charge in [-0.25, -0.2) is 14.8 Å². The van der Waals surface area contributed by atoms with Gasteiger partial charge in [0.15, 0.2) is 0 Å². The molecule has 5 heterocycles. The highest BCUT2D eigenvalue weighted by Gasteiger charge is 2.47. The molecule has 1 aromatic rings. The monoisotopic (exact) mass is 460 g/mol. The van der Waals surface area contributed by atoms with E-state index in [1.54, 1.807) is 24.3 Å². The number of hydrogen-bond donors (Lipinski definition) is 4. The molecule has 2 amide bonds. The second-order valence-electron chi connectivity index (χ2n) is 9.84. The number of piperidine rings is 1. The fraction of sp³-hybridized carbons (Fsp3) is 0.682. The summed E-state index contributed by atoms with van der Waals surface area (Å²) in [6.45, 7) is 5.45. The van der Waals surface area contributed by atoms with Crippen molar-refractivity contribution in [1.29, 1.82) is 0 Å². The van der Waals surface area contributed by atoms with E-state index in [1.165, 1.54) is 0 Å². The van der Waals surface area contributed by atoms with Crippen molar-refractivity contribution in [3.05, 3.63) is 18.5 Å². The highest BCUT2D eigenvalue weighted by molar-refractivity contribution is 5.96. The van der Waals surface area contributed by atoms with Crippen LogP contribution in [-0.4, -0.2) is 84.5 Å². The fourth-order valence-electron chi connectivity index (χ4n) is 5.79. The summed E-state index contributed by atoms with van der Waals surface area (Å²) in [5.74, 6) is -0.629. The van der Waals surface area contributed by atoms with E-state index in [9.17, 15) is 14.0 Å². The summed E-state index contributed by atoms with van der Waals surface area (Å²) >= 11 is 0. The number of amides is 2. The van der Waals surface area contributed by atoms with Gasteiger partial charge in [0, 0.05) is 52.4 Å². The van der Waals surface area contributed by atoms with E-state index >= 15 is 0 Å². The van der Waals surface area contributed by atoms with Gasteiger partial charge in [-0.2, -0.15) is 0 Å². The summed E-state index contributed by atoms with van der Waals surface area (Å²) in [5.41, 5.74) is 11.0. The number of carbonyl (C=O) groups is 2. The summed E-state index contributed by atoms with van der Waals surface area (Å²) in [6.07, 6.45) is 4.52. The molecule has 1 aromatic heterocycles. The Hall–Kier alpha value is -2.34. The summed E-state index contributed by atoms with van der Waals surface area (Å²) < 4.78 is 13.7. The van der Waals surface area contributed by atoms with Crippen LogP contribution in [-0.2, 0) is 9.59 Å². The zero-order chi connectivity index (χ0) is 23.2. The zero-order valence-electron chi connectivity index (χ0n) is 19.0. The number of anilines is 2. The lowest BCUT2D eigenvalue weighted by Gasteiger charge is -2.40. The number of fused-ring (bicyclic) bond motifs is 1. The standard InChI is InChI=1S/C22H33FN8O2/c1-14(32)30-9-5-22(13-30)3-7-29(8-4-22)17-2-6-25-11-16(17)27-21(33)18-19(24)28-31-12-15(23)10-26-20(18)31/h2,6,11,15,18-20,26,28H,3-5,7-10,12-13,24H2,1H3,(H,27,33). The van der Waals surface area contributed by atoms with Crippen LogP contribution in [0.3, 0.4) is 0 Å². The molecule has 11 heteroatoms. The van der Waals surface area contributed by atoms with Crippen molar-refractivity contribution in [2.24, 2.45) is 17.1 Å². The van der Waals surface area contributed by atoms with Crippen LogP contribution >= 0.6 is 0 Å². The van der Waals surface area contributed by atoms with E-state index < -0.39 is 18.3 Å². The first-order chi connectivity index (χ1) is 15.8. The minimum Gasteiger partial charge on any atom is -0.370 e. The number of halogens is 1. The number of nitrogens with one attached hydrogen (secondary N) is 3. The summed E-state index contributed by atoms with van der Waals surface area (Å²) in [4.78, 5) is 33.5. The fourth-order valence-corrected chi connectivity index (χ4v) is 5.79. The number of carbonyl (C=O) groups excluding carboxylic acids is 2. The van der Waals surface area contributed by atoms with Gasteiger partial charge in [-0.05, 0) is 30.7 Å². The van der Waals surface area contributed by atoms with Crippen LogP contribution in [0.2, 0.25) is 0 Å². The van der Waals surface area contributed by atoms with Gasteiger partial charge < -0.3 is 20.9 Å². The maximum absolute atomic E-state index is 13.7. The third-order valence-electron chi connectivity index (χ3n) is 7.73. The van der Waals surface area contributed by atoms with Gasteiger partial charge in [-0.3, -0.25) is 19.9 Å². The molecular formula is C22H33FN8O2. The largest absolute Gasteiger partial charge is 0.370 e. The molecule has 5 N–H and O–H groups in total. The van der Waals surface area contributed by atoms with Gasteiger partial charge in [0.05, 0.1) is 35.8 Å². The predicted molar refractivity (Wildman–Crippen MR) is 122 cm³/mol. The second-order valence-corrected chi connectivity index (χ2v) is 9.84. The highest BCUT2D eigenvalue weighted by Crippen LogP contribution is 2.42. The van der Waals surface area contributed by atoms with Crippen LogP contribution in [0.25, 0.3) is 0 Å². The van der Waals surface area contributed by atoms with E-state index in [2.05, 4.69) is 25.9 Å². The summed E-state index contributed by atoms with van der Waals surface area (Å²) in [7, 11) is 0.